The minimum absolute atomic E-state index is 0.0298. The summed E-state index contributed by atoms with van der Waals surface area (Å²) >= 11 is 0. The summed E-state index contributed by atoms with van der Waals surface area (Å²) in [7, 11) is 0. The van der Waals surface area contributed by atoms with Gasteiger partial charge in [-0.05, 0) is 54.5 Å². The second-order valence-electron chi connectivity index (χ2n) is 8.05. The Morgan fingerprint density at radius 1 is 1.07 bits per heavy atom. The zero-order valence-electron chi connectivity index (χ0n) is 16.9. The van der Waals surface area contributed by atoms with Crippen molar-refractivity contribution in [1.82, 2.24) is 4.90 Å². The van der Waals surface area contributed by atoms with Crippen LogP contribution in [0.2, 0.25) is 0 Å². The number of piperidine rings is 1. The van der Waals surface area contributed by atoms with Gasteiger partial charge in [0.1, 0.15) is 5.75 Å². The predicted molar refractivity (Wildman–Crippen MR) is 113 cm³/mol. The summed E-state index contributed by atoms with van der Waals surface area (Å²) in [5, 5.41) is 0. The van der Waals surface area contributed by atoms with Crippen molar-refractivity contribution >= 4 is 17.5 Å². The van der Waals surface area contributed by atoms with Crippen molar-refractivity contribution in [2.75, 3.05) is 31.1 Å². The Labute approximate surface area is 172 Å². The molecule has 4 rings (SSSR count). The maximum atomic E-state index is 12.6. The third kappa shape index (κ3) is 4.44. The van der Waals surface area contributed by atoms with Crippen LogP contribution in [0, 0.1) is 5.92 Å². The van der Waals surface area contributed by atoms with E-state index in [9.17, 15) is 9.59 Å². The van der Waals surface area contributed by atoms with Crippen molar-refractivity contribution in [3.05, 3.63) is 60.2 Å². The summed E-state index contributed by atoms with van der Waals surface area (Å²) in [6, 6.07) is 18.0. The number of ether oxygens (including phenoxy) is 1. The summed E-state index contributed by atoms with van der Waals surface area (Å²) in [5.41, 5.74) is 2.25. The van der Waals surface area contributed by atoms with Crippen LogP contribution in [0.15, 0.2) is 54.6 Å². The Hall–Kier alpha value is -2.82. The first-order valence-electron chi connectivity index (χ1n) is 10.5. The van der Waals surface area contributed by atoms with E-state index in [1.807, 2.05) is 35.2 Å². The normalized spacial score (nSPS) is 22.0. The van der Waals surface area contributed by atoms with Crippen molar-refractivity contribution in [3.63, 3.8) is 0 Å². The number of anilines is 1. The average Bonchev–Trinajstić information content (AvgIpc) is 3.19. The largest absolute Gasteiger partial charge is 0.484 e. The van der Waals surface area contributed by atoms with Crippen LogP contribution in [0.4, 0.5) is 5.69 Å². The Morgan fingerprint density at radius 2 is 1.83 bits per heavy atom. The van der Waals surface area contributed by atoms with Gasteiger partial charge in [-0.3, -0.25) is 9.59 Å². The molecule has 2 aromatic carbocycles. The molecule has 0 aromatic heterocycles. The Bertz CT molecular complexity index is 850. The van der Waals surface area contributed by atoms with Crippen LogP contribution in [0.1, 0.15) is 37.7 Å². The van der Waals surface area contributed by atoms with Crippen LogP contribution in [0.3, 0.4) is 0 Å². The number of nitrogens with zero attached hydrogens (tertiary/aromatic N) is 2. The van der Waals surface area contributed by atoms with Gasteiger partial charge < -0.3 is 14.5 Å². The number of hydrogen-bond acceptors (Lipinski definition) is 3. The molecular weight excluding hydrogens is 364 g/mol. The SMILES string of the molecule is C[C@H]1CN(C(=O)COc2ccc(N3CCCC3=O)cc2)CC[C@@H]1c1ccccc1. The van der Waals surface area contributed by atoms with E-state index in [1.54, 1.807) is 4.90 Å². The molecule has 2 fully saturated rings. The number of carbonyl (C=O) groups excluding carboxylic acids is 2. The monoisotopic (exact) mass is 392 g/mol. The van der Waals surface area contributed by atoms with E-state index in [0.29, 0.717) is 24.0 Å². The van der Waals surface area contributed by atoms with Gasteiger partial charge in [0.05, 0.1) is 0 Å². The first-order valence-corrected chi connectivity index (χ1v) is 10.5. The molecule has 0 bridgehead atoms. The maximum Gasteiger partial charge on any atom is 0.260 e. The van der Waals surface area contributed by atoms with Gasteiger partial charge in [-0.1, -0.05) is 37.3 Å². The molecule has 2 aliphatic rings. The lowest BCUT2D eigenvalue weighted by Crippen LogP contribution is -2.44. The Balaban J connectivity index is 1.28. The topological polar surface area (TPSA) is 49.9 Å². The first kappa shape index (κ1) is 19.5. The fourth-order valence-corrected chi connectivity index (χ4v) is 4.45. The highest BCUT2D eigenvalue weighted by Gasteiger charge is 2.29. The van der Waals surface area contributed by atoms with Gasteiger partial charge in [0.15, 0.2) is 6.61 Å². The third-order valence-corrected chi connectivity index (χ3v) is 6.07. The molecule has 0 spiro atoms. The van der Waals surface area contributed by atoms with Crippen molar-refractivity contribution in [1.29, 1.82) is 0 Å². The second-order valence-corrected chi connectivity index (χ2v) is 8.05. The van der Waals surface area contributed by atoms with Crippen molar-refractivity contribution < 1.29 is 14.3 Å². The van der Waals surface area contributed by atoms with Gasteiger partial charge in [0.2, 0.25) is 5.91 Å². The minimum atomic E-state index is 0.0298. The van der Waals surface area contributed by atoms with Crippen LogP contribution in [0.25, 0.3) is 0 Å². The molecule has 0 radical (unpaired) electrons. The lowest BCUT2D eigenvalue weighted by Gasteiger charge is -2.37. The van der Waals surface area contributed by atoms with Gasteiger partial charge in [-0.2, -0.15) is 0 Å². The number of carbonyl (C=O) groups is 2. The highest BCUT2D eigenvalue weighted by Crippen LogP contribution is 2.32. The lowest BCUT2D eigenvalue weighted by atomic mass is 9.81. The van der Waals surface area contributed by atoms with Gasteiger partial charge in [0, 0.05) is 31.7 Å². The summed E-state index contributed by atoms with van der Waals surface area (Å²) in [6.07, 6.45) is 2.51. The van der Waals surface area contributed by atoms with Crippen molar-refractivity contribution in [2.24, 2.45) is 5.92 Å². The minimum Gasteiger partial charge on any atom is -0.484 e. The molecule has 0 N–H and O–H groups in total. The number of rotatable bonds is 5. The zero-order valence-corrected chi connectivity index (χ0v) is 16.9. The standard InChI is InChI=1S/C24H28N2O3/c1-18-16-25(15-13-22(18)19-6-3-2-4-7-19)24(28)17-29-21-11-9-20(10-12-21)26-14-5-8-23(26)27/h2-4,6-7,9-12,18,22H,5,8,13-17H2,1H3/t18-,22-/m0/s1. The summed E-state index contributed by atoms with van der Waals surface area (Å²) < 4.78 is 5.72. The van der Waals surface area contributed by atoms with E-state index < -0.39 is 0 Å². The van der Waals surface area contributed by atoms with Crippen LogP contribution >= 0.6 is 0 Å². The Morgan fingerprint density at radius 3 is 2.48 bits per heavy atom. The summed E-state index contributed by atoms with van der Waals surface area (Å²) in [6.45, 7) is 4.57. The highest BCUT2D eigenvalue weighted by molar-refractivity contribution is 5.95. The van der Waals surface area contributed by atoms with E-state index in [1.165, 1.54) is 5.56 Å². The van der Waals surface area contributed by atoms with Crippen molar-refractivity contribution in [2.45, 2.75) is 32.1 Å². The molecule has 152 valence electrons. The molecular formula is C24H28N2O3. The molecule has 2 saturated heterocycles. The van der Waals surface area contributed by atoms with Crippen LogP contribution in [-0.4, -0.2) is 43.0 Å². The number of hydrogen-bond donors (Lipinski definition) is 0. The van der Waals surface area contributed by atoms with Crippen LogP contribution < -0.4 is 9.64 Å². The third-order valence-electron chi connectivity index (χ3n) is 6.07. The molecule has 5 heteroatoms. The van der Waals surface area contributed by atoms with E-state index in [2.05, 4.69) is 31.2 Å². The maximum absolute atomic E-state index is 12.6. The smallest absolute Gasteiger partial charge is 0.260 e. The molecule has 0 saturated carbocycles. The lowest BCUT2D eigenvalue weighted by molar-refractivity contribution is -0.135. The fourth-order valence-electron chi connectivity index (χ4n) is 4.45. The number of amides is 2. The van der Waals surface area contributed by atoms with E-state index in [-0.39, 0.29) is 18.4 Å². The summed E-state index contributed by atoms with van der Waals surface area (Å²) in [4.78, 5) is 28.2. The summed E-state index contributed by atoms with van der Waals surface area (Å²) in [5.74, 6) is 1.78. The average molecular weight is 392 g/mol. The van der Waals surface area contributed by atoms with Gasteiger partial charge in [-0.15, -0.1) is 0 Å². The number of likely N-dealkylation sites (tertiary alicyclic amines) is 1. The molecule has 2 atom stereocenters. The Kier molecular flexibility index (Phi) is 5.84. The van der Waals surface area contributed by atoms with Gasteiger partial charge in [0.25, 0.3) is 5.91 Å². The van der Waals surface area contributed by atoms with E-state index in [0.717, 1.165) is 38.2 Å². The molecule has 29 heavy (non-hydrogen) atoms. The fraction of sp³-hybridized carbons (Fsp3) is 0.417. The highest BCUT2D eigenvalue weighted by atomic mass is 16.5. The quantitative estimate of drug-likeness (QED) is 0.777. The molecule has 2 amide bonds. The van der Waals surface area contributed by atoms with Crippen LogP contribution in [-0.2, 0) is 9.59 Å². The molecule has 5 nitrogen and oxygen atoms in total. The van der Waals surface area contributed by atoms with Crippen LogP contribution in [0.5, 0.6) is 5.75 Å². The molecule has 2 aliphatic heterocycles. The van der Waals surface area contributed by atoms with E-state index in [4.69, 9.17) is 4.74 Å². The molecule has 0 unspecified atom stereocenters. The van der Waals surface area contributed by atoms with Gasteiger partial charge in [-0.25, -0.2) is 0 Å². The first-order chi connectivity index (χ1) is 14.1. The van der Waals surface area contributed by atoms with Crippen molar-refractivity contribution in [3.8, 4) is 5.75 Å². The van der Waals surface area contributed by atoms with Gasteiger partial charge >= 0.3 is 0 Å². The zero-order chi connectivity index (χ0) is 20.2. The molecule has 2 heterocycles. The molecule has 2 aromatic rings. The van der Waals surface area contributed by atoms with E-state index >= 15 is 0 Å². The number of benzene rings is 2. The predicted octanol–water partition coefficient (Wildman–Crippen LogP) is 3.84. The molecule has 0 aliphatic carbocycles. The second kappa shape index (κ2) is 8.68.